The summed E-state index contributed by atoms with van der Waals surface area (Å²) in [7, 11) is -3.57. The third-order valence-electron chi connectivity index (χ3n) is 7.27. The molecule has 0 atom stereocenters. The van der Waals surface area contributed by atoms with Gasteiger partial charge in [0.2, 0.25) is 21.9 Å². The average Bonchev–Trinajstić information content (AvgIpc) is 2.84. The SMILES string of the molecule is Cc1ccc(S(=O)(=O)N2CCN(c3c(Cl)cccc3N3C(N)=NC(N)=NC34CCCCC4)CC2)cc1. The minimum atomic E-state index is -3.57. The molecule has 5 rings (SSSR count). The van der Waals surface area contributed by atoms with Crippen molar-refractivity contribution in [2.75, 3.05) is 36.0 Å². The number of para-hydroxylation sites is 1. The van der Waals surface area contributed by atoms with Gasteiger partial charge >= 0.3 is 0 Å². The Hall–Kier alpha value is -2.82. The monoisotopic (exact) mass is 529 g/mol. The van der Waals surface area contributed by atoms with Crippen LogP contribution < -0.4 is 21.3 Å². The van der Waals surface area contributed by atoms with Gasteiger partial charge in [-0.05, 0) is 56.9 Å². The number of aliphatic imine (C=N–C) groups is 2. The molecule has 3 aliphatic rings. The first-order chi connectivity index (χ1) is 17.2. The number of piperazine rings is 1. The van der Waals surface area contributed by atoms with Crippen LogP contribution in [-0.4, -0.2) is 56.5 Å². The van der Waals surface area contributed by atoms with E-state index in [1.165, 1.54) is 4.31 Å². The first kappa shape index (κ1) is 24.9. The number of anilines is 2. The second kappa shape index (κ2) is 9.57. The van der Waals surface area contributed by atoms with Crippen LogP contribution in [0, 0.1) is 6.92 Å². The van der Waals surface area contributed by atoms with Crippen LogP contribution in [0.4, 0.5) is 11.4 Å². The van der Waals surface area contributed by atoms with E-state index in [-0.39, 0.29) is 5.96 Å². The molecule has 1 spiro atoms. The lowest BCUT2D eigenvalue weighted by atomic mass is 9.87. The van der Waals surface area contributed by atoms with E-state index in [0.717, 1.165) is 49.0 Å². The van der Waals surface area contributed by atoms with E-state index in [0.29, 0.717) is 42.1 Å². The van der Waals surface area contributed by atoms with E-state index >= 15 is 0 Å². The Morgan fingerprint density at radius 1 is 0.944 bits per heavy atom. The second-order valence-corrected chi connectivity index (χ2v) is 12.0. The number of benzene rings is 2. The van der Waals surface area contributed by atoms with E-state index < -0.39 is 15.7 Å². The molecule has 2 fully saturated rings. The molecule has 1 saturated carbocycles. The molecular weight excluding hydrogens is 498 g/mol. The molecule has 2 aromatic carbocycles. The molecule has 11 heteroatoms. The van der Waals surface area contributed by atoms with Crippen LogP contribution in [0.2, 0.25) is 5.02 Å². The molecule has 2 heterocycles. The summed E-state index contributed by atoms with van der Waals surface area (Å²) in [6.07, 6.45) is 4.82. The summed E-state index contributed by atoms with van der Waals surface area (Å²) in [6, 6.07) is 12.7. The molecule has 0 aromatic heterocycles. The van der Waals surface area contributed by atoms with Crippen LogP contribution in [-0.2, 0) is 10.0 Å². The fourth-order valence-electron chi connectivity index (χ4n) is 5.48. The predicted molar refractivity (Wildman–Crippen MR) is 145 cm³/mol. The Bertz CT molecular complexity index is 1300. The highest BCUT2D eigenvalue weighted by Gasteiger charge is 2.44. The maximum Gasteiger partial charge on any atom is 0.243 e. The summed E-state index contributed by atoms with van der Waals surface area (Å²) < 4.78 is 28.0. The third-order valence-corrected chi connectivity index (χ3v) is 9.49. The average molecular weight is 530 g/mol. The standard InChI is InChI=1S/C25H32ClN7O2S/c1-18-8-10-19(11-9-18)36(34,35)32-16-14-31(15-17-32)22-20(26)6-5-7-21(22)33-24(28)29-23(27)30-25(33)12-3-2-4-13-25/h5-11H,2-4,12-17H2,1H3,(H4,27,28,29,30). The molecule has 0 amide bonds. The van der Waals surface area contributed by atoms with Crippen LogP contribution in [0.5, 0.6) is 0 Å². The zero-order valence-electron chi connectivity index (χ0n) is 20.4. The van der Waals surface area contributed by atoms with Crippen LogP contribution in [0.3, 0.4) is 0 Å². The maximum absolute atomic E-state index is 13.2. The highest BCUT2D eigenvalue weighted by atomic mass is 35.5. The summed E-state index contributed by atoms with van der Waals surface area (Å²) in [5.74, 6) is 0.498. The van der Waals surface area contributed by atoms with Gasteiger partial charge in [-0.15, -0.1) is 0 Å². The number of rotatable bonds is 4. The lowest BCUT2D eigenvalue weighted by molar-refractivity contribution is 0.305. The molecule has 4 N–H and O–H groups in total. The number of sulfonamides is 1. The van der Waals surface area contributed by atoms with Crippen molar-refractivity contribution >= 4 is 44.9 Å². The normalized spacial score (nSPS) is 20.8. The zero-order valence-corrected chi connectivity index (χ0v) is 22.0. The minimum Gasteiger partial charge on any atom is -0.369 e. The molecule has 1 saturated heterocycles. The van der Waals surface area contributed by atoms with Gasteiger partial charge in [0.25, 0.3) is 0 Å². The van der Waals surface area contributed by atoms with Crippen molar-refractivity contribution in [2.24, 2.45) is 21.5 Å². The molecule has 1 aliphatic carbocycles. The fraction of sp³-hybridized carbons (Fsp3) is 0.440. The smallest absolute Gasteiger partial charge is 0.243 e. The number of hydrogen-bond donors (Lipinski definition) is 2. The summed E-state index contributed by atoms with van der Waals surface area (Å²) in [5.41, 5.74) is 14.6. The molecule has 2 aromatic rings. The Labute approximate surface area is 217 Å². The molecule has 192 valence electrons. The zero-order chi connectivity index (χ0) is 25.5. The number of guanidine groups is 2. The first-order valence-corrected chi connectivity index (χ1v) is 14.1. The summed E-state index contributed by atoms with van der Waals surface area (Å²) in [5, 5.41) is 0.573. The first-order valence-electron chi connectivity index (χ1n) is 12.3. The van der Waals surface area contributed by atoms with Gasteiger partial charge < -0.3 is 16.4 Å². The Morgan fingerprint density at radius 2 is 1.61 bits per heavy atom. The van der Waals surface area contributed by atoms with Gasteiger partial charge in [0.1, 0.15) is 5.66 Å². The van der Waals surface area contributed by atoms with Crippen molar-refractivity contribution in [1.29, 1.82) is 0 Å². The molecule has 0 unspecified atom stereocenters. The van der Waals surface area contributed by atoms with Crippen molar-refractivity contribution in [3.8, 4) is 0 Å². The second-order valence-electron chi connectivity index (χ2n) is 9.63. The predicted octanol–water partition coefficient (Wildman–Crippen LogP) is 3.27. The molecular formula is C25H32ClN7O2S. The van der Waals surface area contributed by atoms with Crippen molar-refractivity contribution in [3.63, 3.8) is 0 Å². The van der Waals surface area contributed by atoms with Gasteiger partial charge in [-0.25, -0.2) is 13.4 Å². The summed E-state index contributed by atoms with van der Waals surface area (Å²) >= 11 is 6.78. The van der Waals surface area contributed by atoms with E-state index in [1.54, 1.807) is 12.1 Å². The number of nitrogens with two attached hydrogens (primary N) is 2. The van der Waals surface area contributed by atoms with Crippen molar-refractivity contribution < 1.29 is 8.42 Å². The van der Waals surface area contributed by atoms with Gasteiger partial charge in [-0.1, -0.05) is 41.8 Å². The number of hydrogen-bond acceptors (Lipinski definition) is 8. The molecule has 0 bridgehead atoms. The van der Waals surface area contributed by atoms with Crippen LogP contribution in [0.25, 0.3) is 0 Å². The van der Waals surface area contributed by atoms with Crippen LogP contribution in [0.15, 0.2) is 57.3 Å². The molecule has 9 nitrogen and oxygen atoms in total. The van der Waals surface area contributed by atoms with Crippen molar-refractivity contribution in [3.05, 3.63) is 53.1 Å². The van der Waals surface area contributed by atoms with Gasteiger partial charge in [0, 0.05) is 26.2 Å². The summed E-state index contributed by atoms with van der Waals surface area (Å²) in [4.78, 5) is 13.5. The van der Waals surface area contributed by atoms with Crippen molar-refractivity contribution in [1.82, 2.24) is 4.31 Å². The quantitative estimate of drug-likeness (QED) is 0.627. The molecule has 0 radical (unpaired) electrons. The highest BCUT2D eigenvalue weighted by Crippen LogP contribution is 2.45. The van der Waals surface area contributed by atoms with Crippen molar-refractivity contribution in [2.45, 2.75) is 49.6 Å². The highest BCUT2D eigenvalue weighted by molar-refractivity contribution is 7.89. The van der Waals surface area contributed by atoms with Gasteiger partial charge in [0.15, 0.2) is 0 Å². The maximum atomic E-state index is 13.2. The molecule has 2 aliphatic heterocycles. The largest absolute Gasteiger partial charge is 0.369 e. The lowest BCUT2D eigenvalue weighted by Crippen LogP contribution is -2.59. The summed E-state index contributed by atoms with van der Waals surface area (Å²) in [6.45, 7) is 3.62. The molecule has 36 heavy (non-hydrogen) atoms. The van der Waals surface area contributed by atoms with E-state index in [1.807, 2.05) is 42.2 Å². The van der Waals surface area contributed by atoms with Crippen LogP contribution in [0.1, 0.15) is 37.7 Å². The Kier molecular flexibility index (Phi) is 6.61. The van der Waals surface area contributed by atoms with E-state index in [9.17, 15) is 8.42 Å². The number of aryl methyl sites for hydroxylation is 1. The van der Waals surface area contributed by atoms with E-state index in [2.05, 4.69) is 9.89 Å². The van der Waals surface area contributed by atoms with Gasteiger partial charge in [-0.2, -0.15) is 9.30 Å². The van der Waals surface area contributed by atoms with Gasteiger partial charge in [-0.3, -0.25) is 4.90 Å². The van der Waals surface area contributed by atoms with Crippen LogP contribution >= 0.6 is 11.6 Å². The topological polar surface area (TPSA) is 121 Å². The third kappa shape index (κ3) is 4.42. The van der Waals surface area contributed by atoms with Gasteiger partial charge in [0.05, 0.1) is 21.3 Å². The lowest BCUT2D eigenvalue weighted by Gasteiger charge is -2.47. The van der Waals surface area contributed by atoms with E-state index in [4.69, 9.17) is 28.1 Å². The Balaban J connectivity index is 1.44. The Morgan fingerprint density at radius 3 is 2.28 bits per heavy atom. The number of nitrogens with zero attached hydrogens (tertiary/aromatic N) is 5. The fourth-order valence-corrected chi connectivity index (χ4v) is 7.19. The minimum absolute atomic E-state index is 0.198. The number of halogens is 1.